The highest BCUT2D eigenvalue weighted by Crippen LogP contribution is 1.94. The Morgan fingerprint density at radius 1 is 1.00 bits per heavy atom. The number of halogens is 1. The van der Waals surface area contributed by atoms with E-state index in [4.69, 9.17) is 19.3 Å². The number of methoxy groups -OCH3 is 2. The molecule has 0 aromatic heterocycles. The Morgan fingerprint density at radius 2 is 1.57 bits per heavy atom. The average molecular weight is 326 g/mol. The highest BCUT2D eigenvalue weighted by atomic mass is 35.5. The average Bonchev–Trinajstić information content (AvgIpc) is 2.43. The lowest BCUT2D eigenvalue weighted by atomic mass is 10.4. The minimum Gasteiger partial charge on any atom is -0.478 e. The van der Waals surface area contributed by atoms with Crippen LogP contribution in [-0.4, -0.2) is 75.6 Å². The van der Waals surface area contributed by atoms with Gasteiger partial charge >= 0.3 is 11.9 Å². The molecule has 1 N–H and O–H groups in total. The molecule has 0 saturated carbocycles. The van der Waals surface area contributed by atoms with Crippen LogP contribution >= 0.6 is 12.4 Å². The smallest absolute Gasteiger partial charge is 0.331 e. The van der Waals surface area contributed by atoms with Gasteiger partial charge in [-0.1, -0.05) is 0 Å². The van der Waals surface area contributed by atoms with E-state index in [0.29, 0.717) is 19.6 Å². The van der Waals surface area contributed by atoms with Crippen LogP contribution < -0.4 is 0 Å². The number of carboxylic acid groups (broad SMARTS) is 1. The lowest BCUT2D eigenvalue weighted by Gasteiger charge is -2.21. The molecule has 0 aliphatic heterocycles. The number of aliphatic carboxylic acids is 1. The fraction of sp³-hybridized carbons (Fsp3) is 0.692. The maximum Gasteiger partial charge on any atom is 0.331 e. The zero-order valence-electron chi connectivity index (χ0n) is 12.4. The van der Waals surface area contributed by atoms with Crippen LogP contribution in [0.2, 0.25) is 0 Å². The van der Waals surface area contributed by atoms with Crippen molar-refractivity contribution in [2.45, 2.75) is 6.42 Å². The van der Waals surface area contributed by atoms with Crippen molar-refractivity contribution in [3.8, 4) is 0 Å². The number of ether oxygens (including phenoxy) is 3. The van der Waals surface area contributed by atoms with Crippen molar-refractivity contribution in [2.75, 3.05) is 53.7 Å². The van der Waals surface area contributed by atoms with Crippen LogP contribution in [-0.2, 0) is 23.8 Å². The molecule has 0 heterocycles. The summed E-state index contributed by atoms with van der Waals surface area (Å²) in [5.74, 6) is -1.82. The molecule has 0 bridgehead atoms. The van der Waals surface area contributed by atoms with E-state index < -0.39 is 11.9 Å². The lowest BCUT2D eigenvalue weighted by molar-refractivity contribution is -0.138. The highest BCUT2D eigenvalue weighted by Gasteiger charge is 2.05. The van der Waals surface area contributed by atoms with E-state index >= 15 is 0 Å². The number of nitrogens with zero attached hydrogens (tertiary/aromatic N) is 1. The monoisotopic (exact) mass is 325 g/mol. The third-order valence-corrected chi connectivity index (χ3v) is 2.45. The molecule has 0 atom stereocenters. The van der Waals surface area contributed by atoms with Crippen molar-refractivity contribution < 1.29 is 28.9 Å². The van der Waals surface area contributed by atoms with Crippen molar-refractivity contribution in [3.63, 3.8) is 0 Å². The third-order valence-electron chi connectivity index (χ3n) is 2.45. The van der Waals surface area contributed by atoms with Gasteiger partial charge in [0.15, 0.2) is 0 Å². The summed E-state index contributed by atoms with van der Waals surface area (Å²) in [6.45, 7) is 3.83. The Balaban J connectivity index is 0. The van der Waals surface area contributed by atoms with Gasteiger partial charge in [0.25, 0.3) is 0 Å². The summed E-state index contributed by atoms with van der Waals surface area (Å²) >= 11 is 0. The Labute approximate surface area is 131 Å². The van der Waals surface area contributed by atoms with Crippen molar-refractivity contribution >= 4 is 24.3 Å². The molecular formula is C13H24ClNO6. The number of carbonyl (C=O) groups is 2. The summed E-state index contributed by atoms with van der Waals surface area (Å²) in [6, 6.07) is 0. The summed E-state index contributed by atoms with van der Waals surface area (Å²) in [6.07, 6.45) is 2.32. The number of hydrogen-bond donors (Lipinski definition) is 1. The van der Waals surface area contributed by atoms with Crippen LogP contribution in [0.25, 0.3) is 0 Å². The van der Waals surface area contributed by atoms with E-state index in [-0.39, 0.29) is 19.0 Å². The van der Waals surface area contributed by atoms with Crippen molar-refractivity contribution in [3.05, 3.63) is 12.2 Å². The fourth-order valence-corrected chi connectivity index (χ4v) is 1.42. The molecule has 0 saturated heterocycles. The first-order valence-corrected chi connectivity index (χ1v) is 6.38. The zero-order valence-corrected chi connectivity index (χ0v) is 13.3. The van der Waals surface area contributed by atoms with Gasteiger partial charge in [-0.2, -0.15) is 0 Å². The summed E-state index contributed by atoms with van der Waals surface area (Å²) in [7, 11) is 3.29. The lowest BCUT2D eigenvalue weighted by Crippen LogP contribution is -2.32. The molecule has 7 nitrogen and oxygen atoms in total. The number of hydrogen-bond acceptors (Lipinski definition) is 6. The second-order valence-corrected chi connectivity index (χ2v) is 4.02. The van der Waals surface area contributed by atoms with Gasteiger partial charge in [-0.3, -0.25) is 4.90 Å². The van der Waals surface area contributed by atoms with Crippen LogP contribution in [0, 0.1) is 0 Å². The molecule has 124 valence electrons. The standard InChI is InChI=1S/C13H23NO6.ClH/c1-18-10-7-14(8-11-19-2)6-3-9-20-13(17)5-4-12(15)16;/h4-5H,3,6-11H2,1-2H3,(H,15,16);1H/b5-4+;. The second kappa shape index (κ2) is 15.2. The van der Waals surface area contributed by atoms with Gasteiger partial charge in [0.2, 0.25) is 0 Å². The first-order chi connectivity index (χ1) is 9.60. The van der Waals surface area contributed by atoms with E-state index in [2.05, 4.69) is 4.90 Å². The first kappa shape index (κ1) is 22.1. The van der Waals surface area contributed by atoms with E-state index in [1.54, 1.807) is 14.2 Å². The number of carboxylic acids is 1. The number of esters is 1. The number of rotatable bonds is 12. The normalized spacial score (nSPS) is 10.6. The second-order valence-electron chi connectivity index (χ2n) is 4.02. The molecule has 0 aromatic rings. The molecule has 0 unspecified atom stereocenters. The van der Waals surface area contributed by atoms with E-state index in [0.717, 1.165) is 31.8 Å². The van der Waals surface area contributed by atoms with Crippen LogP contribution in [0.15, 0.2) is 12.2 Å². The summed E-state index contributed by atoms with van der Waals surface area (Å²) in [5.41, 5.74) is 0. The molecule has 21 heavy (non-hydrogen) atoms. The van der Waals surface area contributed by atoms with Crippen molar-refractivity contribution in [2.24, 2.45) is 0 Å². The molecule has 0 spiro atoms. The molecule has 0 fully saturated rings. The summed E-state index contributed by atoms with van der Waals surface area (Å²) < 4.78 is 14.9. The zero-order chi connectivity index (χ0) is 15.2. The predicted molar refractivity (Wildman–Crippen MR) is 79.8 cm³/mol. The Hall–Kier alpha value is -1.15. The van der Waals surface area contributed by atoms with Gasteiger partial charge in [0, 0.05) is 46.0 Å². The third kappa shape index (κ3) is 15.1. The van der Waals surface area contributed by atoms with Crippen LogP contribution in [0.5, 0.6) is 0 Å². The highest BCUT2D eigenvalue weighted by molar-refractivity contribution is 5.90. The van der Waals surface area contributed by atoms with Crippen molar-refractivity contribution in [1.82, 2.24) is 4.90 Å². The maximum absolute atomic E-state index is 11.1. The molecular weight excluding hydrogens is 302 g/mol. The Kier molecular flexibility index (Phi) is 16.1. The number of carbonyl (C=O) groups excluding carboxylic acids is 1. The van der Waals surface area contributed by atoms with Gasteiger partial charge < -0.3 is 19.3 Å². The van der Waals surface area contributed by atoms with Crippen LogP contribution in [0.3, 0.4) is 0 Å². The predicted octanol–water partition coefficient (Wildman–Crippen LogP) is 0.577. The van der Waals surface area contributed by atoms with Crippen LogP contribution in [0.1, 0.15) is 6.42 Å². The molecule has 0 aliphatic carbocycles. The van der Waals surface area contributed by atoms with E-state index in [1.165, 1.54) is 0 Å². The van der Waals surface area contributed by atoms with Gasteiger partial charge in [0.05, 0.1) is 19.8 Å². The quantitative estimate of drug-likeness (QED) is 0.319. The summed E-state index contributed by atoms with van der Waals surface area (Å²) in [4.78, 5) is 23.5. The molecule has 0 radical (unpaired) electrons. The molecule has 8 heteroatoms. The molecule has 0 amide bonds. The first-order valence-electron chi connectivity index (χ1n) is 6.38. The topological polar surface area (TPSA) is 85.3 Å². The minimum absolute atomic E-state index is 0. The summed E-state index contributed by atoms with van der Waals surface area (Å²) in [5, 5.41) is 8.35. The van der Waals surface area contributed by atoms with Crippen LogP contribution in [0.4, 0.5) is 0 Å². The van der Waals surface area contributed by atoms with Gasteiger partial charge in [-0.05, 0) is 6.42 Å². The van der Waals surface area contributed by atoms with E-state index in [1.807, 2.05) is 0 Å². The van der Waals surface area contributed by atoms with Gasteiger partial charge in [-0.25, -0.2) is 9.59 Å². The largest absolute Gasteiger partial charge is 0.478 e. The molecule has 0 aromatic carbocycles. The van der Waals surface area contributed by atoms with Gasteiger partial charge in [-0.15, -0.1) is 12.4 Å². The molecule has 0 rings (SSSR count). The fourth-order valence-electron chi connectivity index (χ4n) is 1.42. The van der Waals surface area contributed by atoms with Gasteiger partial charge in [0.1, 0.15) is 0 Å². The SMILES string of the molecule is COCCN(CCCOC(=O)/C=C/C(=O)O)CCOC.Cl. The maximum atomic E-state index is 11.1. The van der Waals surface area contributed by atoms with Crippen molar-refractivity contribution in [1.29, 1.82) is 0 Å². The molecule has 0 aliphatic rings. The minimum atomic E-state index is -1.17. The Bertz CT molecular complexity index is 303. The van der Waals surface area contributed by atoms with E-state index in [9.17, 15) is 9.59 Å². The Morgan fingerprint density at radius 3 is 2.05 bits per heavy atom.